The molecule has 4 unspecified atom stereocenters. The predicted octanol–water partition coefficient (Wildman–Crippen LogP) is 6.61. The van der Waals surface area contributed by atoms with Crippen LogP contribution in [0.4, 0.5) is 8.78 Å². The van der Waals surface area contributed by atoms with Crippen LogP contribution in [-0.4, -0.2) is 22.4 Å². The standard InChI is InChI=1S/C35H28F2N3/c36-27-13-14-28(37)31-25(27)11-5-16-35(40-17-6-12-24(33(31)40)22-7-2-1-3-8-22)21-29-32(35)26-10-4-9-23-15-18-38-19-20-39(29)34(38)30(23)26/h1-10,12-14,16-17,19-20,29,32,34H,11,15,18,21H2/q+1/b16-5+. The number of rotatable bonds is 1. The average molecular weight is 529 g/mol. The maximum Gasteiger partial charge on any atom is 0.224 e. The third-order valence-electron chi connectivity index (χ3n) is 10.0. The summed E-state index contributed by atoms with van der Waals surface area (Å²) in [5, 5.41) is 0. The summed E-state index contributed by atoms with van der Waals surface area (Å²) < 4.78 is 33.6. The number of allylic oxidation sites excluding steroid dienone is 2. The Morgan fingerprint density at radius 3 is 2.65 bits per heavy atom. The molecule has 5 heterocycles. The molecular formula is C35H28F2N3+. The lowest BCUT2D eigenvalue weighted by atomic mass is 9.55. The molecule has 0 saturated heterocycles. The van der Waals surface area contributed by atoms with E-state index in [9.17, 15) is 0 Å². The van der Waals surface area contributed by atoms with Crippen molar-refractivity contribution in [1.29, 1.82) is 0 Å². The van der Waals surface area contributed by atoms with Crippen LogP contribution < -0.4 is 4.57 Å². The molecule has 4 aliphatic heterocycles. The molecule has 0 amide bonds. The van der Waals surface area contributed by atoms with Gasteiger partial charge in [-0.3, -0.25) is 0 Å². The number of fused-ring (bicyclic) bond motifs is 8. The van der Waals surface area contributed by atoms with E-state index in [2.05, 4.69) is 81.5 Å². The first-order chi connectivity index (χ1) is 19.7. The van der Waals surface area contributed by atoms with Gasteiger partial charge in [0.25, 0.3) is 0 Å². The van der Waals surface area contributed by atoms with E-state index < -0.39 is 5.54 Å². The van der Waals surface area contributed by atoms with Gasteiger partial charge in [-0.2, -0.15) is 4.57 Å². The third kappa shape index (κ3) is 2.75. The Kier molecular flexibility index (Phi) is 4.46. The number of halogens is 2. The van der Waals surface area contributed by atoms with Crippen LogP contribution in [0, 0.1) is 11.6 Å². The van der Waals surface area contributed by atoms with Crippen molar-refractivity contribution in [2.45, 2.75) is 42.9 Å². The second-order valence-corrected chi connectivity index (χ2v) is 11.8. The van der Waals surface area contributed by atoms with E-state index in [-0.39, 0.29) is 23.7 Å². The second-order valence-electron chi connectivity index (χ2n) is 11.8. The quantitative estimate of drug-likeness (QED) is 0.203. The van der Waals surface area contributed by atoms with E-state index in [1.807, 2.05) is 24.3 Å². The van der Waals surface area contributed by atoms with Gasteiger partial charge >= 0.3 is 0 Å². The number of aromatic nitrogens is 1. The van der Waals surface area contributed by atoms with Crippen molar-refractivity contribution in [3.05, 3.63) is 137 Å². The molecule has 3 nitrogen and oxygen atoms in total. The fraction of sp³-hybridized carbons (Fsp3) is 0.229. The lowest BCUT2D eigenvalue weighted by Crippen LogP contribution is -2.73. The molecule has 5 heteroatoms. The summed E-state index contributed by atoms with van der Waals surface area (Å²) in [4.78, 5) is 5.03. The lowest BCUT2D eigenvalue weighted by molar-refractivity contribution is -0.760. The molecular weight excluding hydrogens is 500 g/mol. The zero-order valence-electron chi connectivity index (χ0n) is 22.0. The van der Waals surface area contributed by atoms with Crippen LogP contribution in [0.5, 0.6) is 0 Å². The highest BCUT2D eigenvalue weighted by Gasteiger charge is 2.67. The maximum atomic E-state index is 15.9. The van der Waals surface area contributed by atoms with Gasteiger partial charge in [-0.05, 0) is 53.8 Å². The Balaban J connectivity index is 1.34. The highest BCUT2D eigenvalue weighted by molar-refractivity contribution is 5.81. The first-order valence-corrected chi connectivity index (χ1v) is 14.2. The number of benzene rings is 3. The first kappa shape index (κ1) is 22.6. The Hall–Kier alpha value is -4.25. The number of pyridine rings is 1. The van der Waals surface area contributed by atoms with E-state index in [1.54, 1.807) is 0 Å². The molecule has 1 fully saturated rings. The van der Waals surface area contributed by atoms with Crippen molar-refractivity contribution in [3.63, 3.8) is 0 Å². The first-order valence-electron chi connectivity index (χ1n) is 14.2. The number of nitrogens with zero attached hydrogens (tertiary/aromatic N) is 3. The van der Waals surface area contributed by atoms with E-state index in [0.29, 0.717) is 23.6 Å². The normalized spacial score (nSPS) is 27.2. The molecule has 0 bridgehead atoms. The summed E-state index contributed by atoms with van der Waals surface area (Å²) in [6, 6.07) is 23.9. The van der Waals surface area contributed by atoms with Gasteiger partial charge in [0.05, 0.1) is 23.1 Å². The van der Waals surface area contributed by atoms with Gasteiger partial charge in [-0.15, -0.1) is 0 Å². The van der Waals surface area contributed by atoms with Crippen LogP contribution in [0.25, 0.3) is 22.4 Å². The molecule has 4 aromatic rings. The number of hydrogen-bond acceptors (Lipinski definition) is 2. The Bertz CT molecular complexity index is 1780. The van der Waals surface area contributed by atoms with Crippen LogP contribution >= 0.6 is 0 Å². The van der Waals surface area contributed by atoms with Crippen molar-refractivity contribution in [1.82, 2.24) is 9.80 Å². The van der Waals surface area contributed by atoms with Crippen LogP contribution in [0.3, 0.4) is 0 Å². The monoisotopic (exact) mass is 528 g/mol. The summed E-state index contributed by atoms with van der Waals surface area (Å²) in [5.74, 6) is -0.558. The van der Waals surface area contributed by atoms with Gasteiger partial charge in [-0.25, -0.2) is 8.78 Å². The Morgan fingerprint density at radius 1 is 0.875 bits per heavy atom. The van der Waals surface area contributed by atoms with E-state index in [1.165, 1.54) is 28.8 Å². The third-order valence-corrected chi connectivity index (χ3v) is 10.0. The average Bonchev–Trinajstić information content (AvgIpc) is 3.40. The summed E-state index contributed by atoms with van der Waals surface area (Å²) in [5.41, 5.74) is 7.34. The van der Waals surface area contributed by atoms with E-state index in [0.717, 1.165) is 36.2 Å². The van der Waals surface area contributed by atoms with Gasteiger partial charge in [0.2, 0.25) is 5.69 Å². The topological polar surface area (TPSA) is 10.4 Å². The van der Waals surface area contributed by atoms with Gasteiger partial charge < -0.3 is 9.80 Å². The minimum atomic E-state index is -0.403. The Labute approximate surface area is 232 Å². The van der Waals surface area contributed by atoms with Crippen molar-refractivity contribution < 1.29 is 13.3 Å². The molecule has 1 aromatic heterocycles. The fourth-order valence-electron chi connectivity index (χ4n) is 8.39. The van der Waals surface area contributed by atoms with Gasteiger partial charge in [0, 0.05) is 42.6 Å². The molecule has 0 radical (unpaired) electrons. The molecule has 4 atom stereocenters. The van der Waals surface area contributed by atoms with Crippen molar-refractivity contribution in [3.8, 4) is 22.4 Å². The van der Waals surface area contributed by atoms with E-state index >= 15 is 8.78 Å². The smallest absolute Gasteiger partial charge is 0.224 e. The highest BCUT2D eigenvalue weighted by Crippen LogP contribution is 2.61. The summed E-state index contributed by atoms with van der Waals surface area (Å²) >= 11 is 0. The zero-order chi connectivity index (χ0) is 26.6. The van der Waals surface area contributed by atoms with Crippen molar-refractivity contribution in [2.24, 2.45) is 0 Å². The van der Waals surface area contributed by atoms with Crippen molar-refractivity contribution in [2.75, 3.05) is 6.54 Å². The SMILES string of the molecule is Fc1ccc(F)c2c1C/C=C/C1(CC3C1c1cccc4c1C1N(C=CN31)CC4)[n+]1cccc(-c3ccccc3)c1-2. The highest BCUT2D eigenvalue weighted by atomic mass is 19.1. The fourth-order valence-corrected chi connectivity index (χ4v) is 8.39. The summed E-state index contributed by atoms with van der Waals surface area (Å²) in [7, 11) is 0. The minimum Gasteiger partial charge on any atom is -0.352 e. The minimum absolute atomic E-state index is 0.186. The van der Waals surface area contributed by atoms with Crippen LogP contribution in [0.1, 0.15) is 40.8 Å². The van der Waals surface area contributed by atoms with Gasteiger partial charge in [0.1, 0.15) is 17.8 Å². The summed E-state index contributed by atoms with van der Waals surface area (Å²) in [6.45, 7) is 1.04. The molecule has 0 N–H and O–H groups in total. The lowest BCUT2D eigenvalue weighted by Gasteiger charge is -2.59. The van der Waals surface area contributed by atoms with Crippen LogP contribution in [0.15, 0.2) is 104 Å². The van der Waals surface area contributed by atoms with E-state index in [4.69, 9.17) is 0 Å². The molecule has 1 spiro atoms. The molecule has 9 rings (SSSR count). The second kappa shape index (κ2) is 7.91. The molecule has 3 aromatic carbocycles. The summed E-state index contributed by atoms with van der Waals surface area (Å²) in [6.07, 6.45) is 13.6. The van der Waals surface area contributed by atoms with Crippen LogP contribution in [-0.2, 0) is 18.4 Å². The number of hydrogen-bond donors (Lipinski definition) is 0. The molecule has 196 valence electrons. The zero-order valence-corrected chi connectivity index (χ0v) is 22.0. The molecule has 40 heavy (non-hydrogen) atoms. The Morgan fingerprint density at radius 2 is 1.75 bits per heavy atom. The molecule has 1 saturated carbocycles. The molecule has 1 aliphatic carbocycles. The van der Waals surface area contributed by atoms with Gasteiger partial charge in [0.15, 0.2) is 11.7 Å². The van der Waals surface area contributed by atoms with Crippen molar-refractivity contribution >= 4 is 0 Å². The molecule has 5 aliphatic rings. The van der Waals surface area contributed by atoms with Gasteiger partial charge in [-0.1, -0.05) is 54.6 Å². The predicted molar refractivity (Wildman–Crippen MR) is 150 cm³/mol. The van der Waals surface area contributed by atoms with Crippen LogP contribution in [0.2, 0.25) is 0 Å². The largest absolute Gasteiger partial charge is 0.352 e. The maximum absolute atomic E-state index is 15.9.